The molecule has 0 spiro atoms. The van der Waals surface area contributed by atoms with Crippen molar-refractivity contribution in [2.45, 2.75) is 26.4 Å². The molecule has 10 heteroatoms. The van der Waals surface area contributed by atoms with Crippen molar-refractivity contribution in [1.29, 1.82) is 0 Å². The lowest BCUT2D eigenvalue weighted by molar-refractivity contribution is -0.131. The summed E-state index contributed by atoms with van der Waals surface area (Å²) in [5.41, 5.74) is 0.302. The SMILES string of the molecule is CCC(=O)N1CCN(c2ncc(N3C[C@H](CNC(C)=O)OC3=O)cc2F)CC1. The number of carbonyl (C=O) groups excluding carboxylic acids is 3. The Morgan fingerprint density at radius 3 is 2.64 bits per heavy atom. The number of nitrogens with zero attached hydrogens (tertiary/aromatic N) is 4. The zero-order valence-corrected chi connectivity index (χ0v) is 16.0. The van der Waals surface area contributed by atoms with E-state index in [9.17, 15) is 18.8 Å². The number of aromatic nitrogens is 1. The van der Waals surface area contributed by atoms with Gasteiger partial charge in [0.2, 0.25) is 11.8 Å². The third kappa shape index (κ3) is 4.32. The van der Waals surface area contributed by atoms with Crippen molar-refractivity contribution in [1.82, 2.24) is 15.2 Å². The van der Waals surface area contributed by atoms with Crippen LogP contribution in [0.2, 0.25) is 0 Å². The van der Waals surface area contributed by atoms with Gasteiger partial charge < -0.3 is 19.9 Å². The van der Waals surface area contributed by atoms with Crippen LogP contribution in [0.25, 0.3) is 0 Å². The van der Waals surface area contributed by atoms with E-state index in [1.165, 1.54) is 24.1 Å². The van der Waals surface area contributed by atoms with Crippen molar-refractivity contribution in [3.63, 3.8) is 0 Å². The number of carbonyl (C=O) groups is 3. The summed E-state index contributed by atoms with van der Waals surface area (Å²) in [6.45, 7) is 5.66. The highest BCUT2D eigenvalue weighted by atomic mass is 19.1. The molecular formula is C18H24FN5O4. The number of piperazine rings is 1. The standard InChI is InChI=1S/C18H24FN5O4/c1-3-16(26)22-4-6-23(7-5-22)17-15(19)8-13(9-21-17)24-11-14(28-18(24)27)10-20-12(2)25/h8-9,14H,3-7,10-11H2,1-2H3,(H,20,25)/t14-/m0/s1. The Morgan fingerprint density at radius 1 is 1.32 bits per heavy atom. The second-order valence-electron chi connectivity index (χ2n) is 6.77. The number of cyclic esters (lactones) is 1. The topological polar surface area (TPSA) is 95.1 Å². The van der Waals surface area contributed by atoms with Gasteiger partial charge in [-0.05, 0) is 0 Å². The van der Waals surface area contributed by atoms with Gasteiger partial charge in [0.1, 0.15) is 6.10 Å². The van der Waals surface area contributed by atoms with E-state index in [0.717, 1.165) is 0 Å². The lowest BCUT2D eigenvalue weighted by Crippen LogP contribution is -2.49. The molecule has 152 valence electrons. The molecular weight excluding hydrogens is 369 g/mol. The molecule has 0 radical (unpaired) electrons. The van der Waals surface area contributed by atoms with Crippen LogP contribution in [0.15, 0.2) is 12.3 Å². The number of nitrogens with one attached hydrogen (secondary N) is 1. The van der Waals surface area contributed by atoms with Gasteiger partial charge in [-0.25, -0.2) is 14.2 Å². The number of anilines is 2. The minimum atomic E-state index is -0.601. The fourth-order valence-electron chi connectivity index (χ4n) is 3.29. The maximum atomic E-state index is 14.7. The van der Waals surface area contributed by atoms with Gasteiger partial charge in [-0.1, -0.05) is 6.92 Å². The summed E-state index contributed by atoms with van der Waals surface area (Å²) in [6.07, 6.45) is 0.791. The molecule has 2 saturated heterocycles. The second kappa shape index (κ2) is 8.41. The third-order valence-electron chi connectivity index (χ3n) is 4.81. The monoisotopic (exact) mass is 393 g/mol. The molecule has 28 heavy (non-hydrogen) atoms. The summed E-state index contributed by atoms with van der Waals surface area (Å²) >= 11 is 0. The minimum absolute atomic E-state index is 0.0878. The molecule has 3 heterocycles. The Balaban J connectivity index is 1.64. The molecule has 0 saturated carbocycles. The van der Waals surface area contributed by atoms with Gasteiger partial charge in [0.25, 0.3) is 0 Å². The highest BCUT2D eigenvalue weighted by molar-refractivity contribution is 5.89. The molecule has 3 amide bonds. The van der Waals surface area contributed by atoms with E-state index in [1.54, 1.807) is 9.80 Å². The van der Waals surface area contributed by atoms with E-state index in [4.69, 9.17) is 4.74 Å². The zero-order valence-electron chi connectivity index (χ0n) is 16.0. The Hall–Kier alpha value is -2.91. The fraction of sp³-hybridized carbons (Fsp3) is 0.556. The molecule has 0 unspecified atom stereocenters. The molecule has 1 aromatic heterocycles. The van der Waals surface area contributed by atoms with Crippen molar-refractivity contribution >= 4 is 29.4 Å². The first-order valence-corrected chi connectivity index (χ1v) is 9.30. The zero-order chi connectivity index (χ0) is 20.3. The minimum Gasteiger partial charge on any atom is -0.442 e. The molecule has 9 nitrogen and oxygen atoms in total. The van der Waals surface area contributed by atoms with Crippen LogP contribution in [0.4, 0.5) is 20.7 Å². The Morgan fingerprint density at radius 2 is 2.04 bits per heavy atom. The van der Waals surface area contributed by atoms with Crippen LogP contribution in [0.1, 0.15) is 20.3 Å². The fourth-order valence-corrected chi connectivity index (χ4v) is 3.29. The first-order chi connectivity index (χ1) is 13.4. The number of pyridine rings is 1. The third-order valence-corrected chi connectivity index (χ3v) is 4.81. The average molecular weight is 393 g/mol. The van der Waals surface area contributed by atoms with E-state index < -0.39 is 18.0 Å². The van der Waals surface area contributed by atoms with E-state index in [2.05, 4.69) is 10.3 Å². The van der Waals surface area contributed by atoms with Gasteiger partial charge in [-0.3, -0.25) is 14.5 Å². The van der Waals surface area contributed by atoms with Crippen molar-refractivity contribution in [2.75, 3.05) is 49.1 Å². The van der Waals surface area contributed by atoms with Crippen LogP contribution in [-0.2, 0) is 14.3 Å². The van der Waals surface area contributed by atoms with Crippen molar-refractivity contribution in [2.24, 2.45) is 0 Å². The predicted octanol–water partition coefficient (Wildman–Crippen LogP) is 0.741. The lowest BCUT2D eigenvalue weighted by atomic mass is 10.2. The summed E-state index contributed by atoms with van der Waals surface area (Å²) in [6, 6.07) is 1.26. The van der Waals surface area contributed by atoms with E-state index >= 15 is 0 Å². The second-order valence-corrected chi connectivity index (χ2v) is 6.77. The normalized spacial score (nSPS) is 19.6. The van der Waals surface area contributed by atoms with Gasteiger partial charge >= 0.3 is 6.09 Å². The number of hydrogen-bond acceptors (Lipinski definition) is 6. The average Bonchev–Trinajstić information content (AvgIpc) is 3.06. The highest BCUT2D eigenvalue weighted by Gasteiger charge is 2.33. The lowest BCUT2D eigenvalue weighted by Gasteiger charge is -2.35. The number of halogens is 1. The quantitative estimate of drug-likeness (QED) is 0.793. The molecule has 1 atom stereocenters. The van der Waals surface area contributed by atoms with Crippen LogP contribution < -0.4 is 15.1 Å². The summed E-state index contributed by atoms with van der Waals surface area (Å²) < 4.78 is 19.9. The first kappa shape index (κ1) is 19.8. The van der Waals surface area contributed by atoms with Gasteiger partial charge in [-0.2, -0.15) is 0 Å². The van der Waals surface area contributed by atoms with Crippen LogP contribution in [-0.4, -0.2) is 73.2 Å². The molecule has 0 aliphatic carbocycles. The number of rotatable bonds is 5. The Kier molecular flexibility index (Phi) is 5.96. The molecule has 0 aromatic carbocycles. The highest BCUT2D eigenvalue weighted by Crippen LogP contribution is 2.26. The summed E-state index contributed by atoms with van der Waals surface area (Å²) in [5.74, 6) is -0.460. The summed E-state index contributed by atoms with van der Waals surface area (Å²) in [5, 5.41) is 2.59. The van der Waals surface area contributed by atoms with Crippen molar-refractivity contribution in [3.05, 3.63) is 18.1 Å². The molecule has 0 bridgehead atoms. The van der Waals surface area contributed by atoms with E-state index in [-0.39, 0.29) is 30.7 Å². The number of ether oxygens (including phenoxy) is 1. The van der Waals surface area contributed by atoms with E-state index in [1.807, 2.05) is 6.92 Å². The summed E-state index contributed by atoms with van der Waals surface area (Å²) in [7, 11) is 0. The first-order valence-electron chi connectivity index (χ1n) is 9.30. The van der Waals surface area contributed by atoms with Crippen LogP contribution in [0.5, 0.6) is 0 Å². The molecule has 1 aromatic rings. The number of amides is 3. The molecule has 2 fully saturated rings. The van der Waals surface area contributed by atoms with E-state index in [0.29, 0.717) is 38.3 Å². The van der Waals surface area contributed by atoms with Crippen molar-refractivity contribution < 1.29 is 23.5 Å². The van der Waals surface area contributed by atoms with Gasteiger partial charge in [0.05, 0.1) is 25.0 Å². The van der Waals surface area contributed by atoms with Gasteiger partial charge in [-0.15, -0.1) is 0 Å². The smallest absolute Gasteiger partial charge is 0.414 e. The Bertz CT molecular complexity index is 766. The Labute approximate surface area is 162 Å². The van der Waals surface area contributed by atoms with Crippen LogP contribution in [0, 0.1) is 5.82 Å². The van der Waals surface area contributed by atoms with Gasteiger partial charge in [0.15, 0.2) is 11.6 Å². The molecule has 1 N–H and O–H groups in total. The maximum Gasteiger partial charge on any atom is 0.414 e. The van der Waals surface area contributed by atoms with Crippen LogP contribution in [0.3, 0.4) is 0 Å². The largest absolute Gasteiger partial charge is 0.442 e. The molecule has 3 rings (SSSR count). The van der Waals surface area contributed by atoms with Crippen LogP contribution >= 0.6 is 0 Å². The predicted molar refractivity (Wildman–Crippen MR) is 99.6 cm³/mol. The maximum absolute atomic E-state index is 14.7. The number of hydrogen-bond donors (Lipinski definition) is 1. The molecule has 2 aliphatic rings. The summed E-state index contributed by atoms with van der Waals surface area (Å²) in [4.78, 5) is 43.8. The van der Waals surface area contributed by atoms with Crippen molar-refractivity contribution in [3.8, 4) is 0 Å². The van der Waals surface area contributed by atoms with Gasteiger partial charge in [0, 0.05) is 45.6 Å². The molecule has 2 aliphatic heterocycles.